The van der Waals surface area contributed by atoms with E-state index in [4.69, 9.17) is 9.84 Å². The molecule has 2 rings (SSSR count). The Morgan fingerprint density at radius 1 is 1.15 bits per heavy atom. The summed E-state index contributed by atoms with van der Waals surface area (Å²) in [5.74, 6) is 0. The maximum atomic E-state index is 12.0. The summed E-state index contributed by atoms with van der Waals surface area (Å²) in [6.45, 7) is 0.938. The SMILES string of the molecule is O=C(NCC1(OCCO)CCCC1)NC1CCCCC1. The molecule has 3 N–H and O–H groups in total. The summed E-state index contributed by atoms with van der Waals surface area (Å²) in [6, 6.07) is 0.261. The van der Waals surface area contributed by atoms with Crippen LogP contribution in [0.2, 0.25) is 0 Å². The fourth-order valence-electron chi connectivity index (χ4n) is 3.38. The third-order valence-electron chi connectivity index (χ3n) is 4.53. The van der Waals surface area contributed by atoms with E-state index in [2.05, 4.69) is 10.6 Å². The Morgan fingerprint density at radius 2 is 1.85 bits per heavy atom. The van der Waals surface area contributed by atoms with Gasteiger partial charge in [0.1, 0.15) is 0 Å². The Labute approximate surface area is 121 Å². The first-order valence-corrected chi connectivity index (χ1v) is 8.03. The number of ether oxygens (including phenoxy) is 1. The zero-order valence-corrected chi connectivity index (χ0v) is 12.3. The monoisotopic (exact) mass is 284 g/mol. The lowest BCUT2D eigenvalue weighted by molar-refractivity contribution is -0.0506. The normalized spacial score (nSPS) is 22.6. The Kier molecular flexibility index (Phi) is 6.10. The third kappa shape index (κ3) is 4.63. The Hall–Kier alpha value is -0.810. The minimum Gasteiger partial charge on any atom is -0.394 e. The molecule has 0 bridgehead atoms. The summed E-state index contributed by atoms with van der Waals surface area (Å²) in [7, 11) is 0. The van der Waals surface area contributed by atoms with Crippen LogP contribution in [-0.4, -0.2) is 42.5 Å². The molecule has 5 heteroatoms. The molecule has 5 nitrogen and oxygen atoms in total. The zero-order valence-electron chi connectivity index (χ0n) is 12.3. The molecule has 2 saturated carbocycles. The lowest BCUT2D eigenvalue weighted by Gasteiger charge is -2.30. The van der Waals surface area contributed by atoms with Gasteiger partial charge in [-0.25, -0.2) is 4.79 Å². The Morgan fingerprint density at radius 3 is 2.50 bits per heavy atom. The van der Waals surface area contributed by atoms with Gasteiger partial charge in [0.25, 0.3) is 0 Å². The molecule has 0 unspecified atom stereocenters. The molecule has 20 heavy (non-hydrogen) atoms. The Bertz CT molecular complexity index is 297. The molecule has 0 atom stereocenters. The molecule has 0 heterocycles. The van der Waals surface area contributed by atoms with Crippen LogP contribution in [0, 0.1) is 0 Å². The number of aliphatic hydroxyl groups is 1. The van der Waals surface area contributed by atoms with Crippen molar-refractivity contribution in [3.8, 4) is 0 Å². The average molecular weight is 284 g/mol. The standard InChI is InChI=1S/C15H28N2O3/c18-10-11-20-15(8-4-5-9-15)12-16-14(19)17-13-6-2-1-3-7-13/h13,18H,1-12H2,(H2,16,17,19). The third-order valence-corrected chi connectivity index (χ3v) is 4.53. The molecule has 0 spiro atoms. The van der Waals surface area contributed by atoms with Crippen molar-refractivity contribution < 1.29 is 14.6 Å². The van der Waals surface area contributed by atoms with Crippen molar-refractivity contribution >= 4 is 6.03 Å². The second-order valence-electron chi connectivity index (χ2n) is 6.12. The first-order chi connectivity index (χ1) is 9.74. The van der Waals surface area contributed by atoms with Crippen LogP contribution < -0.4 is 10.6 Å². The molecule has 2 amide bonds. The van der Waals surface area contributed by atoms with Crippen LogP contribution in [0.4, 0.5) is 4.79 Å². The maximum Gasteiger partial charge on any atom is 0.315 e. The van der Waals surface area contributed by atoms with E-state index in [0.717, 1.165) is 38.5 Å². The number of carbonyl (C=O) groups is 1. The first-order valence-electron chi connectivity index (χ1n) is 8.03. The maximum absolute atomic E-state index is 12.0. The lowest BCUT2D eigenvalue weighted by Crippen LogP contribution is -2.49. The molecule has 0 aromatic rings. The largest absolute Gasteiger partial charge is 0.394 e. The van der Waals surface area contributed by atoms with Crippen LogP contribution in [0.15, 0.2) is 0 Å². The topological polar surface area (TPSA) is 70.6 Å². The number of rotatable bonds is 6. The van der Waals surface area contributed by atoms with Gasteiger partial charge in [0, 0.05) is 12.6 Å². The van der Waals surface area contributed by atoms with Crippen LogP contribution in [0.25, 0.3) is 0 Å². The molecular weight excluding hydrogens is 256 g/mol. The van der Waals surface area contributed by atoms with Crippen LogP contribution >= 0.6 is 0 Å². The molecule has 0 aliphatic heterocycles. The van der Waals surface area contributed by atoms with Crippen molar-refractivity contribution in [2.75, 3.05) is 19.8 Å². The van der Waals surface area contributed by atoms with E-state index in [1.165, 1.54) is 19.3 Å². The van der Waals surface area contributed by atoms with Gasteiger partial charge in [0.15, 0.2) is 0 Å². The summed E-state index contributed by atoms with van der Waals surface area (Å²) in [5.41, 5.74) is -0.257. The van der Waals surface area contributed by atoms with Crippen LogP contribution in [0.1, 0.15) is 57.8 Å². The first kappa shape index (κ1) is 15.6. The van der Waals surface area contributed by atoms with Gasteiger partial charge >= 0.3 is 6.03 Å². The van der Waals surface area contributed by atoms with Crippen molar-refractivity contribution in [1.82, 2.24) is 10.6 Å². The van der Waals surface area contributed by atoms with Crippen LogP contribution in [-0.2, 0) is 4.74 Å². The van der Waals surface area contributed by atoms with Crippen molar-refractivity contribution in [2.24, 2.45) is 0 Å². The fourth-order valence-corrected chi connectivity index (χ4v) is 3.38. The molecule has 0 radical (unpaired) electrons. The minimum absolute atomic E-state index is 0.0377. The smallest absolute Gasteiger partial charge is 0.315 e. The van der Waals surface area contributed by atoms with Gasteiger partial charge < -0.3 is 20.5 Å². The van der Waals surface area contributed by atoms with E-state index in [9.17, 15) is 4.79 Å². The predicted molar refractivity (Wildman–Crippen MR) is 77.6 cm³/mol. The summed E-state index contributed by atoms with van der Waals surface area (Å²) in [6.07, 6.45) is 10.1. The summed E-state index contributed by atoms with van der Waals surface area (Å²) < 4.78 is 5.79. The highest BCUT2D eigenvalue weighted by atomic mass is 16.5. The zero-order chi connectivity index (χ0) is 14.3. The molecule has 116 valence electrons. The highest BCUT2D eigenvalue weighted by Crippen LogP contribution is 2.32. The summed E-state index contributed by atoms with van der Waals surface area (Å²) >= 11 is 0. The molecule has 2 aliphatic carbocycles. The number of carbonyl (C=O) groups excluding carboxylic acids is 1. The number of hydrogen-bond donors (Lipinski definition) is 3. The molecule has 0 saturated heterocycles. The van der Waals surface area contributed by atoms with Crippen molar-refractivity contribution in [3.63, 3.8) is 0 Å². The number of nitrogens with one attached hydrogen (secondary N) is 2. The second kappa shape index (κ2) is 7.84. The number of hydrogen-bond acceptors (Lipinski definition) is 3. The Balaban J connectivity index is 1.72. The van der Waals surface area contributed by atoms with Gasteiger partial charge in [-0.1, -0.05) is 32.1 Å². The quantitative estimate of drug-likeness (QED) is 0.698. The van der Waals surface area contributed by atoms with Gasteiger partial charge in [-0.05, 0) is 25.7 Å². The van der Waals surface area contributed by atoms with E-state index in [0.29, 0.717) is 19.2 Å². The van der Waals surface area contributed by atoms with Crippen LogP contribution in [0.3, 0.4) is 0 Å². The van der Waals surface area contributed by atoms with Crippen molar-refractivity contribution in [3.05, 3.63) is 0 Å². The molecular formula is C15H28N2O3. The number of aliphatic hydroxyl groups excluding tert-OH is 1. The van der Waals surface area contributed by atoms with Gasteiger partial charge in [-0.3, -0.25) is 0 Å². The second-order valence-corrected chi connectivity index (χ2v) is 6.12. The molecule has 2 fully saturated rings. The van der Waals surface area contributed by atoms with Gasteiger partial charge in [0.2, 0.25) is 0 Å². The van der Waals surface area contributed by atoms with Gasteiger partial charge in [-0.15, -0.1) is 0 Å². The van der Waals surface area contributed by atoms with E-state index in [1.807, 2.05) is 0 Å². The lowest BCUT2D eigenvalue weighted by atomic mass is 9.96. The van der Waals surface area contributed by atoms with Crippen molar-refractivity contribution in [1.29, 1.82) is 0 Å². The van der Waals surface area contributed by atoms with Gasteiger partial charge in [0.05, 0.1) is 18.8 Å². The molecule has 2 aliphatic rings. The van der Waals surface area contributed by atoms with E-state index < -0.39 is 0 Å². The molecule has 0 aromatic heterocycles. The highest BCUT2D eigenvalue weighted by molar-refractivity contribution is 5.74. The average Bonchev–Trinajstić information content (AvgIpc) is 2.94. The van der Waals surface area contributed by atoms with Crippen molar-refractivity contribution in [2.45, 2.75) is 69.4 Å². The summed E-state index contributed by atoms with van der Waals surface area (Å²) in [4.78, 5) is 12.0. The van der Waals surface area contributed by atoms with E-state index in [-0.39, 0.29) is 18.2 Å². The molecule has 0 aromatic carbocycles. The van der Waals surface area contributed by atoms with Gasteiger partial charge in [-0.2, -0.15) is 0 Å². The number of urea groups is 1. The predicted octanol–water partition coefficient (Wildman–Crippen LogP) is 1.94. The minimum atomic E-state index is -0.257. The van der Waals surface area contributed by atoms with E-state index in [1.54, 1.807) is 0 Å². The fraction of sp³-hybridized carbons (Fsp3) is 0.933. The number of amides is 2. The highest BCUT2D eigenvalue weighted by Gasteiger charge is 2.35. The van der Waals surface area contributed by atoms with Crippen LogP contribution in [0.5, 0.6) is 0 Å². The van der Waals surface area contributed by atoms with E-state index >= 15 is 0 Å². The summed E-state index contributed by atoms with van der Waals surface area (Å²) in [5, 5.41) is 14.9.